The van der Waals surface area contributed by atoms with E-state index in [4.69, 9.17) is 20.8 Å². The van der Waals surface area contributed by atoms with Crippen molar-refractivity contribution in [3.63, 3.8) is 0 Å². The van der Waals surface area contributed by atoms with Crippen molar-refractivity contribution in [2.24, 2.45) is 4.99 Å². The molecular formula is C28H21ClN2O6S. The van der Waals surface area contributed by atoms with Gasteiger partial charge in [-0.05, 0) is 43.7 Å². The number of hydrogen-bond acceptors (Lipinski definition) is 7. The number of ether oxygens (including phenoxy) is 1. The van der Waals surface area contributed by atoms with Gasteiger partial charge in [-0.3, -0.25) is 9.36 Å². The second kappa shape index (κ2) is 10.3. The van der Waals surface area contributed by atoms with Gasteiger partial charge in [-0.2, -0.15) is 0 Å². The molecule has 192 valence electrons. The van der Waals surface area contributed by atoms with Crippen LogP contribution in [0.2, 0.25) is 5.02 Å². The summed E-state index contributed by atoms with van der Waals surface area (Å²) >= 11 is 7.29. The van der Waals surface area contributed by atoms with Gasteiger partial charge >= 0.3 is 11.9 Å². The fourth-order valence-corrected chi connectivity index (χ4v) is 5.59. The maximum absolute atomic E-state index is 13.6. The number of halogens is 1. The van der Waals surface area contributed by atoms with Crippen molar-refractivity contribution in [3.05, 3.63) is 114 Å². The number of furan rings is 1. The Balaban J connectivity index is 1.59. The van der Waals surface area contributed by atoms with E-state index >= 15 is 0 Å². The summed E-state index contributed by atoms with van der Waals surface area (Å²) in [5.74, 6) is -0.751. The van der Waals surface area contributed by atoms with Crippen LogP contribution in [-0.2, 0) is 9.53 Å². The predicted molar refractivity (Wildman–Crippen MR) is 143 cm³/mol. The molecule has 2 aromatic heterocycles. The van der Waals surface area contributed by atoms with Crippen LogP contribution in [0.4, 0.5) is 0 Å². The number of esters is 1. The number of carbonyl (C=O) groups excluding carboxylic acids is 1. The molecule has 0 unspecified atom stereocenters. The zero-order chi connectivity index (χ0) is 27.0. The van der Waals surface area contributed by atoms with E-state index in [2.05, 4.69) is 4.99 Å². The third kappa shape index (κ3) is 4.62. The Morgan fingerprint density at radius 1 is 1.18 bits per heavy atom. The summed E-state index contributed by atoms with van der Waals surface area (Å²) in [5, 5.41) is 9.28. The van der Waals surface area contributed by atoms with Crippen molar-refractivity contribution in [2.75, 3.05) is 6.61 Å². The molecule has 0 saturated heterocycles. The van der Waals surface area contributed by atoms with E-state index in [9.17, 15) is 19.5 Å². The van der Waals surface area contributed by atoms with Crippen LogP contribution in [0.5, 0.6) is 0 Å². The van der Waals surface area contributed by atoms with Crippen LogP contribution < -0.4 is 14.9 Å². The van der Waals surface area contributed by atoms with Crippen molar-refractivity contribution in [3.8, 4) is 11.3 Å². The zero-order valence-corrected chi connectivity index (χ0v) is 21.9. The number of hydrogen-bond donors (Lipinski definition) is 1. The number of benzene rings is 2. The fourth-order valence-electron chi connectivity index (χ4n) is 4.30. The van der Waals surface area contributed by atoms with Crippen molar-refractivity contribution < 1.29 is 23.8 Å². The first-order valence-corrected chi connectivity index (χ1v) is 12.9. The number of carboxylic acids is 1. The van der Waals surface area contributed by atoms with Crippen molar-refractivity contribution >= 4 is 41.0 Å². The van der Waals surface area contributed by atoms with E-state index < -0.39 is 18.0 Å². The molecule has 0 spiro atoms. The van der Waals surface area contributed by atoms with E-state index in [1.165, 1.54) is 28.0 Å². The maximum atomic E-state index is 13.6. The number of fused-ring (bicyclic) bond motifs is 1. The molecule has 0 bridgehead atoms. The van der Waals surface area contributed by atoms with Crippen LogP contribution in [-0.4, -0.2) is 28.2 Å². The van der Waals surface area contributed by atoms with Gasteiger partial charge in [0.1, 0.15) is 11.5 Å². The van der Waals surface area contributed by atoms with Gasteiger partial charge in [-0.25, -0.2) is 14.6 Å². The Kier molecular flexibility index (Phi) is 6.88. The standard InChI is InChI=1S/C28H21ClN2O6S/c1-3-36-27(35)23-15(2)30-28-31(24(23)16-7-5-4-6-8-16)25(32)22(38-28)14-18-10-12-21(37-18)17-9-11-19(26(33)34)20(29)13-17/h4-14,24H,3H2,1-2H3,(H,33,34)/b22-14-/t24-/m1/s1. The monoisotopic (exact) mass is 548 g/mol. The highest BCUT2D eigenvalue weighted by molar-refractivity contribution is 7.07. The third-order valence-electron chi connectivity index (χ3n) is 6.02. The third-order valence-corrected chi connectivity index (χ3v) is 7.31. The van der Waals surface area contributed by atoms with E-state index in [-0.39, 0.29) is 22.8 Å². The van der Waals surface area contributed by atoms with Crippen molar-refractivity contribution in [1.29, 1.82) is 0 Å². The lowest BCUT2D eigenvalue weighted by Gasteiger charge is -2.24. The number of nitrogens with zero attached hydrogens (tertiary/aromatic N) is 2. The largest absolute Gasteiger partial charge is 0.478 e. The molecule has 0 saturated carbocycles. The molecule has 38 heavy (non-hydrogen) atoms. The Bertz CT molecular complexity index is 1780. The number of carboxylic acid groups (broad SMARTS) is 1. The molecule has 0 aliphatic carbocycles. The lowest BCUT2D eigenvalue weighted by molar-refractivity contribution is -0.139. The quantitative estimate of drug-likeness (QED) is 0.357. The fraction of sp³-hybridized carbons (Fsp3) is 0.143. The summed E-state index contributed by atoms with van der Waals surface area (Å²) in [6, 6.07) is 16.5. The molecule has 0 radical (unpaired) electrons. The van der Waals surface area contributed by atoms with E-state index in [1.807, 2.05) is 30.3 Å². The maximum Gasteiger partial charge on any atom is 0.338 e. The molecule has 8 nitrogen and oxygen atoms in total. The zero-order valence-electron chi connectivity index (χ0n) is 20.3. The van der Waals surface area contributed by atoms with Gasteiger partial charge in [-0.15, -0.1) is 0 Å². The summed E-state index contributed by atoms with van der Waals surface area (Å²) in [4.78, 5) is 42.8. The van der Waals surface area contributed by atoms with Crippen LogP contribution in [0.25, 0.3) is 17.4 Å². The smallest absolute Gasteiger partial charge is 0.338 e. The van der Waals surface area contributed by atoms with Crippen molar-refractivity contribution in [2.45, 2.75) is 19.9 Å². The minimum absolute atomic E-state index is 0.00578. The van der Waals surface area contributed by atoms with Crippen LogP contribution in [0, 0.1) is 0 Å². The van der Waals surface area contributed by atoms with Crippen LogP contribution >= 0.6 is 22.9 Å². The van der Waals surface area contributed by atoms with E-state index in [0.29, 0.717) is 37.7 Å². The van der Waals surface area contributed by atoms with Crippen molar-refractivity contribution in [1.82, 2.24) is 4.57 Å². The Hall–Kier alpha value is -4.21. The molecule has 4 aromatic rings. The second-order valence-electron chi connectivity index (χ2n) is 8.41. The first-order valence-electron chi connectivity index (χ1n) is 11.7. The lowest BCUT2D eigenvalue weighted by Crippen LogP contribution is -2.39. The molecule has 1 aliphatic heterocycles. The second-order valence-corrected chi connectivity index (χ2v) is 9.83. The van der Waals surface area contributed by atoms with E-state index in [0.717, 1.165) is 5.56 Å². The molecule has 2 aromatic carbocycles. The lowest BCUT2D eigenvalue weighted by atomic mass is 9.96. The Morgan fingerprint density at radius 3 is 2.63 bits per heavy atom. The van der Waals surface area contributed by atoms with Gasteiger partial charge in [-0.1, -0.05) is 59.3 Å². The van der Waals surface area contributed by atoms with E-state index in [1.54, 1.807) is 38.1 Å². The molecular weight excluding hydrogens is 528 g/mol. The molecule has 10 heteroatoms. The minimum atomic E-state index is -1.12. The van der Waals surface area contributed by atoms with Gasteiger partial charge in [0.15, 0.2) is 4.80 Å². The number of thiazole rings is 1. The molecule has 0 amide bonds. The summed E-state index contributed by atoms with van der Waals surface area (Å²) in [6.45, 7) is 3.66. The molecule has 3 heterocycles. The molecule has 1 atom stereocenters. The number of allylic oxidation sites excluding steroid dienone is 1. The summed E-state index contributed by atoms with van der Waals surface area (Å²) in [7, 11) is 0. The Labute approximate surface area is 225 Å². The first kappa shape index (κ1) is 25.4. The van der Waals surface area contributed by atoms with Gasteiger partial charge in [0.2, 0.25) is 0 Å². The van der Waals surface area contributed by atoms with Crippen LogP contribution in [0.15, 0.2) is 86.1 Å². The summed E-state index contributed by atoms with van der Waals surface area (Å²) < 4.78 is 13.1. The highest BCUT2D eigenvalue weighted by Gasteiger charge is 2.33. The van der Waals surface area contributed by atoms with Gasteiger partial charge in [0, 0.05) is 11.6 Å². The molecule has 1 N–H and O–H groups in total. The summed E-state index contributed by atoms with van der Waals surface area (Å²) in [5.41, 5.74) is 1.85. The topological polar surface area (TPSA) is 111 Å². The minimum Gasteiger partial charge on any atom is -0.478 e. The van der Waals surface area contributed by atoms with Gasteiger partial charge in [0.05, 0.1) is 39.0 Å². The highest BCUT2D eigenvalue weighted by Crippen LogP contribution is 2.31. The average Bonchev–Trinajstić information content (AvgIpc) is 3.48. The van der Waals surface area contributed by atoms with Crippen LogP contribution in [0.1, 0.15) is 41.6 Å². The SMILES string of the molecule is CCOC(=O)C1=C(C)N=c2s/c(=C\c3ccc(-c4ccc(C(=O)O)c(Cl)c4)o3)c(=O)n2[C@@H]1c1ccccc1. The molecule has 5 rings (SSSR count). The average molecular weight is 549 g/mol. The van der Waals surface area contributed by atoms with Crippen LogP contribution in [0.3, 0.4) is 0 Å². The molecule has 1 aliphatic rings. The highest BCUT2D eigenvalue weighted by atomic mass is 35.5. The molecule has 0 fully saturated rings. The number of aromatic carboxylic acids is 1. The Morgan fingerprint density at radius 2 is 1.95 bits per heavy atom. The van der Waals surface area contributed by atoms with Gasteiger partial charge in [0.25, 0.3) is 5.56 Å². The first-order chi connectivity index (χ1) is 18.3. The summed E-state index contributed by atoms with van der Waals surface area (Å²) in [6.07, 6.45) is 1.62. The van der Waals surface area contributed by atoms with Gasteiger partial charge < -0.3 is 14.3 Å². The number of carbonyl (C=O) groups is 2. The predicted octanol–water partition coefficient (Wildman–Crippen LogP) is 4.41. The normalized spacial score (nSPS) is 15.2. The number of rotatable bonds is 6. The number of aromatic nitrogens is 1.